The summed E-state index contributed by atoms with van der Waals surface area (Å²) >= 11 is 0. The number of ketones is 1. The molecule has 4 rings (SSSR count). The summed E-state index contributed by atoms with van der Waals surface area (Å²) in [6, 6.07) is 19.9. The zero-order valence-electron chi connectivity index (χ0n) is 24.7. The van der Waals surface area contributed by atoms with E-state index in [2.05, 4.69) is 41.5 Å². The Morgan fingerprint density at radius 3 is 1.98 bits per heavy atom. The number of Topliss-reactive ketones (excluding diaryl/α,β-unsaturated/α-hetero) is 1. The maximum absolute atomic E-state index is 13.6. The van der Waals surface area contributed by atoms with E-state index in [1.165, 1.54) is 4.90 Å². The van der Waals surface area contributed by atoms with Crippen molar-refractivity contribution in [2.45, 2.75) is 65.0 Å². The number of hydrogen-bond donors (Lipinski definition) is 1. The van der Waals surface area contributed by atoms with Crippen LogP contribution < -0.4 is 9.47 Å². The highest BCUT2D eigenvalue weighted by Gasteiger charge is 2.46. The zero-order chi connectivity index (χ0) is 29.4. The lowest BCUT2D eigenvalue weighted by Crippen LogP contribution is -2.29. The first-order chi connectivity index (χ1) is 18.8. The molecular formula is C34H39NO5. The molecule has 210 valence electrons. The molecule has 3 aromatic rings. The molecule has 6 nitrogen and oxygen atoms in total. The minimum atomic E-state index is -0.753. The minimum absolute atomic E-state index is 0.0596. The molecule has 0 aliphatic carbocycles. The highest BCUT2D eigenvalue weighted by molar-refractivity contribution is 6.46. The average Bonchev–Trinajstić information content (AvgIpc) is 3.16. The summed E-state index contributed by atoms with van der Waals surface area (Å²) in [5.41, 5.74) is 3.83. The number of benzene rings is 3. The van der Waals surface area contributed by atoms with E-state index < -0.39 is 17.7 Å². The van der Waals surface area contributed by atoms with Crippen LogP contribution in [0.25, 0.3) is 5.76 Å². The first kappa shape index (κ1) is 28.9. The van der Waals surface area contributed by atoms with Gasteiger partial charge in [-0.25, -0.2) is 0 Å². The van der Waals surface area contributed by atoms with Gasteiger partial charge < -0.3 is 19.5 Å². The highest BCUT2D eigenvalue weighted by atomic mass is 16.5. The van der Waals surface area contributed by atoms with Crippen molar-refractivity contribution in [3.63, 3.8) is 0 Å². The second-order valence-electron chi connectivity index (χ2n) is 12.3. The van der Waals surface area contributed by atoms with Gasteiger partial charge >= 0.3 is 0 Å². The molecule has 40 heavy (non-hydrogen) atoms. The molecule has 1 heterocycles. The number of rotatable bonds is 6. The first-order valence-electron chi connectivity index (χ1n) is 13.5. The lowest BCUT2D eigenvalue weighted by molar-refractivity contribution is -0.140. The van der Waals surface area contributed by atoms with Gasteiger partial charge in [0.05, 0.1) is 25.8 Å². The summed E-state index contributed by atoms with van der Waals surface area (Å²) in [7, 11) is 3.20. The van der Waals surface area contributed by atoms with Gasteiger partial charge in [0.1, 0.15) is 17.3 Å². The van der Waals surface area contributed by atoms with Crippen molar-refractivity contribution >= 4 is 17.4 Å². The Hall–Kier alpha value is -4.06. The number of carbonyl (C=O) groups excluding carboxylic acids is 2. The molecule has 1 N–H and O–H groups in total. The van der Waals surface area contributed by atoms with E-state index in [4.69, 9.17) is 9.47 Å². The predicted octanol–water partition coefficient (Wildman–Crippen LogP) is 6.92. The van der Waals surface area contributed by atoms with Gasteiger partial charge in [0.25, 0.3) is 11.7 Å². The van der Waals surface area contributed by atoms with Crippen molar-refractivity contribution in [2.75, 3.05) is 14.2 Å². The zero-order valence-corrected chi connectivity index (χ0v) is 24.7. The van der Waals surface area contributed by atoms with Crippen molar-refractivity contribution in [3.05, 3.63) is 100 Å². The second-order valence-corrected chi connectivity index (χ2v) is 12.3. The van der Waals surface area contributed by atoms with Crippen LogP contribution in [-0.2, 0) is 27.0 Å². The van der Waals surface area contributed by atoms with Gasteiger partial charge in [-0.05, 0) is 57.9 Å². The Morgan fingerprint density at radius 2 is 1.45 bits per heavy atom. The van der Waals surface area contributed by atoms with Gasteiger partial charge in [-0.3, -0.25) is 9.59 Å². The summed E-state index contributed by atoms with van der Waals surface area (Å²) in [5, 5.41) is 11.7. The molecule has 6 heteroatoms. The lowest BCUT2D eigenvalue weighted by atomic mass is 9.84. The summed E-state index contributed by atoms with van der Waals surface area (Å²) < 4.78 is 10.8. The van der Waals surface area contributed by atoms with Gasteiger partial charge in [-0.1, -0.05) is 77.9 Å². The standard InChI is InChI=1S/C34H39NO5/c1-33(2,3)24-14-11-22(12-15-24)29-28(30(36)23-13-18-27(40-8)26(19-23)34(4,5)6)31(37)32(38)35(29)20-21-9-16-25(39-7)17-10-21/h9-19,29,36H,20H2,1-8H3/b30-28-. The van der Waals surface area contributed by atoms with Crippen LogP contribution in [0.1, 0.15) is 75.4 Å². The third kappa shape index (κ3) is 5.62. The average molecular weight is 542 g/mol. The molecule has 3 aromatic carbocycles. The molecular weight excluding hydrogens is 502 g/mol. The molecule has 0 spiro atoms. The molecule has 1 aliphatic heterocycles. The van der Waals surface area contributed by atoms with Crippen molar-refractivity contribution in [1.82, 2.24) is 4.90 Å². The largest absolute Gasteiger partial charge is 0.507 e. The van der Waals surface area contributed by atoms with E-state index >= 15 is 0 Å². The number of hydrogen-bond acceptors (Lipinski definition) is 5. The van der Waals surface area contributed by atoms with Crippen LogP contribution in [-0.4, -0.2) is 35.9 Å². The van der Waals surface area contributed by atoms with Crippen molar-refractivity contribution in [3.8, 4) is 11.5 Å². The highest BCUT2D eigenvalue weighted by Crippen LogP contribution is 2.42. The summed E-state index contributed by atoms with van der Waals surface area (Å²) in [6.45, 7) is 12.8. The van der Waals surface area contributed by atoms with E-state index in [9.17, 15) is 14.7 Å². The van der Waals surface area contributed by atoms with Crippen molar-refractivity contribution < 1.29 is 24.2 Å². The van der Waals surface area contributed by atoms with Crippen LogP contribution in [0.4, 0.5) is 0 Å². The van der Waals surface area contributed by atoms with E-state index in [-0.39, 0.29) is 28.7 Å². The fourth-order valence-electron chi connectivity index (χ4n) is 5.08. The third-order valence-electron chi connectivity index (χ3n) is 7.43. The quantitative estimate of drug-likeness (QED) is 0.208. The number of ether oxygens (including phenoxy) is 2. The summed E-state index contributed by atoms with van der Waals surface area (Å²) in [6.07, 6.45) is 0. The molecule has 1 aliphatic rings. The van der Waals surface area contributed by atoms with Crippen molar-refractivity contribution in [2.24, 2.45) is 0 Å². The number of aliphatic hydroxyl groups excluding tert-OH is 1. The number of carbonyl (C=O) groups is 2. The third-order valence-corrected chi connectivity index (χ3v) is 7.43. The van der Waals surface area contributed by atoms with E-state index in [1.807, 2.05) is 54.6 Å². The topological polar surface area (TPSA) is 76.1 Å². The Morgan fingerprint density at radius 1 is 0.825 bits per heavy atom. The molecule has 0 radical (unpaired) electrons. The molecule has 0 aromatic heterocycles. The molecule has 1 amide bonds. The number of methoxy groups -OCH3 is 2. The number of amides is 1. The Balaban J connectivity index is 1.88. The fourth-order valence-corrected chi connectivity index (χ4v) is 5.08. The molecule has 0 bridgehead atoms. The van der Waals surface area contributed by atoms with E-state index in [1.54, 1.807) is 26.4 Å². The van der Waals surface area contributed by atoms with Crippen LogP contribution in [0.3, 0.4) is 0 Å². The maximum atomic E-state index is 13.6. The number of nitrogens with zero attached hydrogens (tertiary/aromatic N) is 1. The molecule has 1 fully saturated rings. The maximum Gasteiger partial charge on any atom is 0.295 e. The number of likely N-dealkylation sites (tertiary alicyclic amines) is 1. The normalized spacial score (nSPS) is 17.3. The first-order valence-corrected chi connectivity index (χ1v) is 13.5. The Labute approximate surface area is 237 Å². The van der Waals surface area contributed by atoms with E-state index in [0.29, 0.717) is 17.1 Å². The van der Waals surface area contributed by atoms with Gasteiger partial charge in [-0.15, -0.1) is 0 Å². The van der Waals surface area contributed by atoms with Crippen LogP contribution in [0.2, 0.25) is 0 Å². The van der Waals surface area contributed by atoms with Crippen LogP contribution in [0.15, 0.2) is 72.3 Å². The van der Waals surface area contributed by atoms with Gasteiger partial charge in [-0.2, -0.15) is 0 Å². The van der Waals surface area contributed by atoms with Gasteiger partial charge in [0, 0.05) is 17.7 Å². The van der Waals surface area contributed by atoms with Crippen LogP contribution in [0.5, 0.6) is 11.5 Å². The minimum Gasteiger partial charge on any atom is -0.507 e. The van der Waals surface area contributed by atoms with Gasteiger partial charge in [0.2, 0.25) is 0 Å². The van der Waals surface area contributed by atoms with E-state index in [0.717, 1.165) is 22.3 Å². The lowest BCUT2D eigenvalue weighted by Gasteiger charge is -2.27. The summed E-state index contributed by atoms with van der Waals surface area (Å²) in [4.78, 5) is 28.6. The van der Waals surface area contributed by atoms with Gasteiger partial charge in [0.15, 0.2) is 0 Å². The monoisotopic (exact) mass is 541 g/mol. The Kier molecular flexibility index (Phi) is 7.84. The molecule has 1 unspecified atom stereocenters. The predicted molar refractivity (Wildman–Crippen MR) is 158 cm³/mol. The van der Waals surface area contributed by atoms with Crippen LogP contribution in [0, 0.1) is 0 Å². The smallest absolute Gasteiger partial charge is 0.295 e. The second kappa shape index (κ2) is 10.8. The molecule has 0 saturated carbocycles. The fraction of sp³-hybridized carbons (Fsp3) is 0.353. The molecule has 1 saturated heterocycles. The van der Waals surface area contributed by atoms with Crippen LogP contribution >= 0.6 is 0 Å². The van der Waals surface area contributed by atoms with Crippen molar-refractivity contribution in [1.29, 1.82) is 0 Å². The Bertz CT molecular complexity index is 1440. The number of aliphatic hydroxyl groups is 1. The molecule has 1 atom stereocenters. The summed E-state index contributed by atoms with van der Waals surface area (Å²) in [5.74, 6) is -0.155. The SMILES string of the molecule is COc1ccc(CN2C(=O)C(=O)/C(=C(\O)c3ccc(OC)c(C(C)(C)C)c3)C2c2ccc(C(C)(C)C)cc2)cc1.